The lowest BCUT2D eigenvalue weighted by Crippen LogP contribution is -2.26. The van der Waals surface area contributed by atoms with Gasteiger partial charge in [0.1, 0.15) is 22.3 Å². The van der Waals surface area contributed by atoms with Crippen LogP contribution in [0.2, 0.25) is 0 Å². The third kappa shape index (κ3) is 5.63. The Morgan fingerprint density at radius 1 is 1.16 bits per heavy atom. The Hall–Kier alpha value is -4.53. The van der Waals surface area contributed by atoms with Crippen LogP contribution < -0.4 is 19.7 Å². The molecule has 0 aliphatic carbocycles. The Bertz CT molecular complexity index is 1840. The third-order valence-corrected chi connectivity index (χ3v) is 8.88. The van der Waals surface area contributed by atoms with Crippen molar-refractivity contribution in [2.24, 2.45) is 0 Å². The summed E-state index contributed by atoms with van der Waals surface area (Å²) < 4.78 is 88.7. The van der Waals surface area contributed by atoms with E-state index in [0.29, 0.717) is 41.2 Å². The number of alkyl halides is 3. The Morgan fingerprint density at radius 2 is 2.00 bits per heavy atom. The summed E-state index contributed by atoms with van der Waals surface area (Å²) in [4.78, 5) is 27.4. The number of halogens is 4. The summed E-state index contributed by atoms with van der Waals surface area (Å²) in [6.45, 7) is -2.78. The maximum Gasteiger partial charge on any atom is 0.387 e. The first-order valence-corrected chi connectivity index (χ1v) is 14.7. The number of hydrogen-bond acceptors (Lipinski definition) is 9. The second-order valence-corrected chi connectivity index (χ2v) is 11.9. The van der Waals surface area contributed by atoms with Gasteiger partial charge in [-0.3, -0.25) is 9.78 Å². The van der Waals surface area contributed by atoms with Crippen LogP contribution in [-0.2, 0) is 22.8 Å². The Morgan fingerprint density at radius 3 is 2.81 bits per heavy atom. The summed E-state index contributed by atoms with van der Waals surface area (Å²) in [5, 5.41) is 3.28. The largest absolute Gasteiger partial charge is 0.489 e. The van der Waals surface area contributed by atoms with Crippen LogP contribution in [0.4, 0.5) is 29.2 Å². The molecule has 2 aliphatic heterocycles. The molecule has 10 nitrogen and oxygen atoms in total. The summed E-state index contributed by atoms with van der Waals surface area (Å²) in [5.74, 6) is -1.36. The molecule has 43 heavy (non-hydrogen) atoms. The van der Waals surface area contributed by atoms with E-state index in [0.717, 1.165) is 24.1 Å². The number of aryl methyl sites for hydroxylation is 1. The highest BCUT2D eigenvalue weighted by Gasteiger charge is 2.35. The van der Waals surface area contributed by atoms with Crippen molar-refractivity contribution >= 4 is 38.3 Å². The molecule has 0 fully saturated rings. The molecule has 0 saturated heterocycles. The van der Waals surface area contributed by atoms with E-state index in [1.807, 2.05) is 11.0 Å². The molecule has 2 aliphatic rings. The van der Waals surface area contributed by atoms with Gasteiger partial charge in [-0.1, -0.05) is 0 Å². The monoisotopic (exact) mass is 617 g/mol. The molecule has 4 aromatic rings. The molecule has 1 N–H and O–H groups in total. The van der Waals surface area contributed by atoms with E-state index in [1.54, 1.807) is 24.4 Å². The molecule has 224 valence electrons. The zero-order valence-electron chi connectivity index (χ0n) is 22.3. The number of aromatic nitrogens is 3. The van der Waals surface area contributed by atoms with Crippen LogP contribution in [0.15, 0.2) is 53.7 Å². The van der Waals surface area contributed by atoms with E-state index in [2.05, 4.69) is 20.0 Å². The quantitative estimate of drug-likeness (QED) is 0.309. The van der Waals surface area contributed by atoms with Crippen molar-refractivity contribution < 1.29 is 40.2 Å². The summed E-state index contributed by atoms with van der Waals surface area (Å²) in [7, 11) is -4.54. The van der Waals surface area contributed by atoms with Crippen molar-refractivity contribution in [1.29, 1.82) is 0 Å². The fraction of sp³-hybridized carbons (Fsp3) is 0.286. The van der Waals surface area contributed by atoms with Crippen LogP contribution in [-0.4, -0.2) is 54.5 Å². The maximum atomic E-state index is 14.7. The number of hydrogen-bond donors (Lipinski definition) is 1. The number of amides is 1. The van der Waals surface area contributed by atoms with Gasteiger partial charge in [0.25, 0.3) is 5.91 Å². The molecule has 0 unspecified atom stereocenters. The molecular weight excluding hydrogens is 594 g/mol. The topological polar surface area (TPSA) is 124 Å². The number of ether oxygens (including phenoxy) is 2. The zero-order chi connectivity index (χ0) is 30.3. The number of carbonyl (C=O) groups is 1. The first-order valence-electron chi connectivity index (χ1n) is 13.2. The average Bonchev–Trinajstić information content (AvgIpc) is 3.10. The molecule has 3 aromatic heterocycles. The standard InChI is InChI=1S/C28H23F4N5O5S/c29-20-9-17(10-22-25(20)41-7-5-23(30)43(22,39)40)27(38)35-13-18-11-21-16(12-33-18)3-4-24(36-21)37-6-1-2-15-8-19(42-28(31)32)14-34-26(15)37/h3-4,8-12,14,23,28H,1-2,5-7,13H2,(H,35,38)/t23-/m1/s1. The summed E-state index contributed by atoms with van der Waals surface area (Å²) in [6, 6.07) is 8.53. The fourth-order valence-corrected chi connectivity index (χ4v) is 6.38. The van der Waals surface area contributed by atoms with E-state index >= 15 is 0 Å². The van der Waals surface area contributed by atoms with E-state index in [1.165, 1.54) is 6.20 Å². The lowest BCUT2D eigenvalue weighted by atomic mass is 10.1. The van der Waals surface area contributed by atoms with Crippen molar-refractivity contribution in [2.75, 3.05) is 18.1 Å². The van der Waals surface area contributed by atoms with Gasteiger partial charge in [0.2, 0.25) is 15.3 Å². The van der Waals surface area contributed by atoms with E-state index < -0.39 is 50.7 Å². The second kappa shape index (κ2) is 11.3. The summed E-state index contributed by atoms with van der Waals surface area (Å²) in [6.07, 6.45) is 3.73. The fourth-order valence-electron chi connectivity index (χ4n) is 5.00. The lowest BCUT2D eigenvalue weighted by molar-refractivity contribution is -0.0501. The predicted molar refractivity (Wildman–Crippen MR) is 145 cm³/mol. The number of anilines is 2. The lowest BCUT2D eigenvalue weighted by Gasteiger charge is -2.29. The maximum absolute atomic E-state index is 14.7. The van der Waals surface area contributed by atoms with Crippen molar-refractivity contribution in [3.63, 3.8) is 0 Å². The first kappa shape index (κ1) is 28.6. The number of rotatable bonds is 6. The Balaban J connectivity index is 1.22. The minimum atomic E-state index is -4.54. The van der Waals surface area contributed by atoms with Gasteiger partial charge in [-0.15, -0.1) is 0 Å². The molecule has 0 spiro atoms. The highest BCUT2D eigenvalue weighted by molar-refractivity contribution is 7.92. The van der Waals surface area contributed by atoms with E-state index in [-0.39, 0.29) is 24.5 Å². The zero-order valence-corrected chi connectivity index (χ0v) is 23.1. The Kier molecular flexibility index (Phi) is 7.50. The Labute approximate surface area is 242 Å². The van der Waals surface area contributed by atoms with Crippen LogP contribution in [0.5, 0.6) is 11.5 Å². The van der Waals surface area contributed by atoms with Crippen LogP contribution in [0.3, 0.4) is 0 Å². The predicted octanol–water partition coefficient (Wildman–Crippen LogP) is 4.63. The third-order valence-electron chi connectivity index (χ3n) is 7.05. The molecule has 5 heterocycles. The molecule has 0 radical (unpaired) electrons. The van der Waals surface area contributed by atoms with Gasteiger partial charge in [0.15, 0.2) is 11.6 Å². The highest BCUT2D eigenvalue weighted by Crippen LogP contribution is 2.36. The van der Waals surface area contributed by atoms with Crippen LogP contribution in [0, 0.1) is 5.82 Å². The number of pyridine rings is 3. The minimum Gasteiger partial charge on any atom is -0.489 e. The van der Waals surface area contributed by atoms with E-state index in [9.17, 15) is 30.8 Å². The number of carbonyl (C=O) groups excluding carboxylic acids is 1. The van der Waals surface area contributed by atoms with Crippen molar-refractivity contribution in [3.8, 4) is 11.5 Å². The van der Waals surface area contributed by atoms with Gasteiger partial charge >= 0.3 is 6.61 Å². The van der Waals surface area contributed by atoms with Crippen molar-refractivity contribution in [1.82, 2.24) is 20.3 Å². The molecule has 1 aromatic carbocycles. The number of nitrogens with one attached hydrogen (secondary N) is 1. The number of fused-ring (bicyclic) bond motifs is 3. The number of sulfone groups is 1. The highest BCUT2D eigenvalue weighted by atomic mass is 32.2. The first-order chi connectivity index (χ1) is 20.6. The minimum absolute atomic E-state index is 0.0185. The number of nitrogens with zero attached hydrogens (tertiary/aromatic N) is 4. The number of benzene rings is 1. The van der Waals surface area contributed by atoms with Gasteiger partial charge in [-0.2, -0.15) is 8.78 Å². The second-order valence-electron chi connectivity index (χ2n) is 9.89. The molecule has 1 atom stereocenters. The van der Waals surface area contributed by atoms with Crippen LogP contribution >= 0.6 is 0 Å². The molecule has 15 heteroatoms. The molecule has 0 saturated carbocycles. The van der Waals surface area contributed by atoms with Crippen molar-refractivity contribution in [2.45, 2.75) is 42.8 Å². The van der Waals surface area contributed by atoms with Gasteiger partial charge in [-0.25, -0.2) is 27.2 Å². The molecule has 1 amide bonds. The van der Waals surface area contributed by atoms with Crippen LogP contribution in [0.1, 0.15) is 34.5 Å². The van der Waals surface area contributed by atoms with E-state index in [4.69, 9.17) is 9.72 Å². The molecular formula is C28H23F4N5O5S. The van der Waals surface area contributed by atoms with Gasteiger partial charge in [-0.05, 0) is 54.8 Å². The average molecular weight is 618 g/mol. The normalized spacial score (nSPS) is 17.5. The van der Waals surface area contributed by atoms with Crippen molar-refractivity contribution in [3.05, 3.63) is 71.4 Å². The van der Waals surface area contributed by atoms with Gasteiger partial charge < -0.3 is 19.7 Å². The summed E-state index contributed by atoms with van der Waals surface area (Å²) in [5.41, 5.74) is -0.893. The molecule has 0 bridgehead atoms. The summed E-state index contributed by atoms with van der Waals surface area (Å²) >= 11 is 0. The SMILES string of the molecule is O=C(NCc1cc2nc(N3CCCc4cc(OC(F)F)cnc43)ccc2cn1)c1cc(F)c2c(c1)S(=O)(=O)[C@@H](F)CCO2. The molecule has 6 rings (SSSR count). The van der Waals surface area contributed by atoms with Crippen LogP contribution in [0.25, 0.3) is 10.9 Å². The van der Waals surface area contributed by atoms with Gasteiger partial charge in [0.05, 0.1) is 30.6 Å². The smallest absolute Gasteiger partial charge is 0.387 e. The van der Waals surface area contributed by atoms with Gasteiger partial charge in [0, 0.05) is 30.1 Å².